The Morgan fingerprint density at radius 3 is 2.53 bits per heavy atom. The minimum atomic E-state index is -0.619. The number of hydrogen-bond donors (Lipinski definition) is 1. The summed E-state index contributed by atoms with van der Waals surface area (Å²) in [5, 5.41) is 2.92. The summed E-state index contributed by atoms with van der Waals surface area (Å²) in [4.78, 5) is 27.3. The van der Waals surface area contributed by atoms with E-state index in [0.717, 1.165) is 17.0 Å². The molecule has 3 rings (SSSR count). The molecule has 0 atom stereocenters. The van der Waals surface area contributed by atoms with E-state index in [4.69, 9.17) is 9.47 Å². The molecular weight excluding hydrogens is 380 g/mol. The van der Waals surface area contributed by atoms with Gasteiger partial charge in [0, 0.05) is 18.3 Å². The van der Waals surface area contributed by atoms with Crippen LogP contribution in [0, 0.1) is 11.3 Å². The molecular formula is C24H30N2O4. The lowest BCUT2D eigenvalue weighted by atomic mass is 9.92. The van der Waals surface area contributed by atoms with Crippen molar-refractivity contribution in [2.75, 3.05) is 30.5 Å². The van der Waals surface area contributed by atoms with E-state index < -0.39 is 5.41 Å². The zero-order chi connectivity index (χ0) is 21.9. The van der Waals surface area contributed by atoms with Crippen molar-refractivity contribution in [1.82, 2.24) is 0 Å². The molecule has 2 amide bonds. The Balaban J connectivity index is 1.78. The lowest BCUT2D eigenvalue weighted by Crippen LogP contribution is -2.43. The van der Waals surface area contributed by atoms with Crippen LogP contribution in [0.25, 0.3) is 0 Å². The van der Waals surface area contributed by atoms with E-state index in [-0.39, 0.29) is 24.8 Å². The molecule has 0 spiro atoms. The van der Waals surface area contributed by atoms with Crippen LogP contribution in [0.4, 0.5) is 11.4 Å². The highest BCUT2D eigenvalue weighted by Crippen LogP contribution is 2.38. The third-order valence-electron chi connectivity index (χ3n) is 5.02. The molecule has 0 radical (unpaired) electrons. The number of hydrogen-bond acceptors (Lipinski definition) is 4. The molecule has 30 heavy (non-hydrogen) atoms. The second-order valence-electron chi connectivity index (χ2n) is 8.74. The van der Waals surface area contributed by atoms with Crippen LogP contribution < -0.4 is 19.7 Å². The summed E-state index contributed by atoms with van der Waals surface area (Å²) in [6.07, 6.45) is 0.257. The summed E-state index contributed by atoms with van der Waals surface area (Å²) in [5.41, 5.74) is 1.66. The fourth-order valence-electron chi connectivity index (χ4n) is 3.41. The van der Waals surface area contributed by atoms with Gasteiger partial charge in [0.15, 0.2) is 0 Å². The molecule has 2 aromatic rings. The topological polar surface area (TPSA) is 67.9 Å². The second-order valence-corrected chi connectivity index (χ2v) is 8.74. The van der Waals surface area contributed by atoms with E-state index in [1.165, 1.54) is 0 Å². The first-order chi connectivity index (χ1) is 14.2. The number of amides is 2. The molecule has 1 aliphatic heterocycles. The number of rotatable bonds is 6. The van der Waals surface area contributed by atoms with Crippen LogP contribution in [0.3, 0.4) is 0 Å². The zero-order valence-corrected chi connectivity index (χ0v) is 18.3. The summed E-state index contributed by atoms with van der Waals surface area (Å²) < 4.78 is 11.1. The van der Waals surface area contributed by atoms with Gasteiger partial charge in [0.05, 0.1) is 24.6 Å². The number of carbonyl (C=O) groups is 2. The van der Waals surface area contributed by atoms with Gasteiger partial charge >= 0.3 is 0 Å². The van der Waals surface area contributed by atoms with Gasteiger partial charge in [0.1, 0.15) is 18.1 Å². The first-order valence-corrected chi connectivity index (χ1v) is 10.2. The molecule has 0 aliphatic carbocycles. The van der Waals surface area contributed by atoms with Gasteiger partial charge in [-0.15, -0.1) is 0 Å². The van der Waals surface area contributed by atoms with Gasteiger partial charge in [0.25, 0.3) is 0 Å². The molecule has 1 heterocycles. The fraction of sp³-hybridized carbons (Fsp3) is 0.417. The van der Waals surface area contributed by atoms with E-state index in [9.17, 15) is 9.59 Å². The second kappa shape index (κ2) is 8.78. The average Bonchev–Trinajstić information content (AvgIpc) is 2.78. The molecule has 0 aromatic heterocycles. The Morgan fingerprint density at radius 1 is 1.20 bits per heavy atom. The molecule has 2 aromatic carbocycles. The lowest BCUT2D eigenvalue weighted by Gasteiger charge is -2.29. The highest BCUT2D eigenvalue weighted by Gasteiger charge is 2.38. The van der Waals surface area contributed by atoms with Crippen molar-refractivity contribution in [2.24, 2.45) is 11.3 Å². The number of nitrogens with one attached hydrogen (secondary N) is 1. The van der Waals surface area contributed by atoms with Crippen LogP contribution in [0.2, 0.25) is 0 Å². The van der Waals surface area contributed by atoms with Gasteiger partial charge in [-0.3, -0.25) is 9.59 Å². The Kier molecular flexibility index (Phi) is 6.34. The van der Waals surface area contributed by atoms with Gasteiger partial charge in [-0.2, -0.15) is 0 Å². The molecule has 0 saturated carbocycles. The van der Waals surface area contributed by atoms with Gasteiger partial charge in [-0.05, 0) is 49.6 Å². The van der Waals surface area contributed by atoms with E-state index in [0.29, 0.717) is 23.9 Å². The van der Waals surface area contributed by atoms with Crippen molar-refractivity contribution in [3.63, 3.8) is 0 Å². The van der Waals surface area contributed by atoms with E-state index in [1.807, 2.05) is 50.2 Å². The zero-order valence-electron chi connectivity index (χ0n) is 18.3. The number of ether oxygens (including phenoxy) is 2. The summed E-state index contributed by atoms with van der Waals surface area (Å²) in [5.74, 6) is 1.61. The molecule has 1 N–H and O–H groups in total. The molecule has 0 saturated heterocycles. The molecule has 0 bridgehead atoms. The first kappa shape index (κ1) is 21.7. The predicted molar refractivity (Wildman–Crippen MR) is 118 cm³/mol. The normalized spacial score (nSPS) is 15.3. The third-order valence-corrected chi connectivity index (χ3v) is 5.02. The maximum absolute atomic E-state index is 13.0. The van der Waals surface area contributed by atoms with E-state index in [2.05, 4.69) is 19.2 Å². The highest BCUT2D eigenvalue weighted by atomic mass is 16.5. The monoisotopic (exact) mass is 410 g/mol. The largest absolute Gasteiger partial charge is 0.497 e. The number of nitrogens with zero attached hydrogens (tertiary/aromatic N) is 1. The van der Waals surface area contributed by atoms with Crippen molar-refractivity contribution >= 4 is 23.2 Å². The lowest BCUT2D eigenvalue weighted by molar-refractivity contribution is -0.127. The van der Waals surface area contributed by atoms with Gasteiger partial charge < -0.3 is 19.7 Å². The number of benzene rings is 2. The van der Waals surface area contributed by atoms with Crippen molar-refractivity contribution in [1.29, 1.82) is 0 Å². The molecule has 6 nitrogen and oxygen atoms in total. The average molecular weight is 411 g/mol. The van der Waals surface area contributed by atoms with Crippen LogP contribution in [-0.2, 0) is 16.0 Å². The van der Waals surface area contributed by atoms with Crippen molar-refractivity contribution in [3.8, 4) is 11.5 Å². The minimum absolute atomic E-state index is 0.0474. The number of fused-ring (bicyclic) bond motifs is 1. The molecule has 0 fully saturated rings. The van der Waals surface area contributed by atoms with E-state index in [1.54, 1.807) is 18.1 Å². The molecule has 160 valence electrons. The van der Waals surface area contributed by atoms with Crippen molar-refractivity contribution < 1.29 is 19.1 Å². The van der Waals surface area contributed by atoms with Crippen molar-refractivity contribution in [2.45, 2.75) is 34.1 Å². The summed E-state index contributed by atoms with van der Waals surface area (Å²) >= 11 is 0. The highest BCUT2D eigenvalue weighted by molar-refractivity contribution is 6.00. The van der Waals surface area contributed by atoms with Crippen LogP contribution in [0.15, 0.2) is 42.5 Å². The molecule has 1 aliphatic rings. The van der Waals surface area contributed by atoms with Gasteiger partial charge in [-0.25, -0.2) is 0 Å². The quantitative estimate of drug-likeness (QED) is 0.772. The smallest absolute Gasteiger partial charge is 0.236 e. The predicted octanol–water partition coefficient (Wildman–Crippen LogP) is 4.28. The SMILES string of the molecule is COc1ccc(CC(=O)Nc2ccc3c(c2)OCC(C)(C)C(=O)N3CC(C)C)cc1. The summed E-state index contributed by atoms with van der Waals surface area (Å²) in [6.45, 7) is 8.86. The van der Waals surface area contributed by atoms with Crippen LogP contribution in [-0.4, -0.2) is 32.1 Å². The molecule has 0 unspecified atom stereocenters. The number of anilines is 2. The summed E-state index contributed by atoms with van der Waals surface area (Å²) in [7, 11) is 1.61. The van der Waals surface area contributed by atoms with Crippen LogP contribution in [0.5, 0.6) is 11.5 Å². The Morgan fingerprint density at radius 2 is 1.90 bits per heavy atom. The fourth-order valence-corrected chi connectivity index (χ4v) is 3.41. The first-order valence-electron chi connectivity index (χ1n) is 10.2. The van der Waals surface area contributed by atoms with E-state index >= 15 is 0 Å². The maximum Gasteiger partial charge on any atom is 0.236 e. The Labute approximate surface area is 178 Å². The maximum atomic E-state index is 13.0. The van der Waals surface area contributed by atoms with Crippen LogP contribution >= 0.6 is 0 Å². The minimum Gasteiger partial charge on any atom is -0.497 e. The van der Waals surface area contributed by atoms with Crippen molar-refractivity contribution in [3.05, 3.63) is 48.0 Å². The Hall–Kier alpha value is -3.02. The number of methoxy groups -OCH3 is 1. The van der Waals surface area contributed by atoms with Crippen LogP contribution in [0.1, 0.15) is 33.3 Å². The third kappa shape index (κ3) is 4.93. The Bertz CT molecular complexity index is 919. The van der Waals surface area contributed by atoms with Gasteiger partial charge in [-0.1, -0.05) is 26.0 Å². The molecule has 6 heteroatoms. The number of carbonyl (C=O) groups excluding carboxylic acids is 2. The standard InChI is InChI=1S/C24H30N2O4/c1-16(2)14-26-20-11-8-18(13-21(20)30-15-24(3,4)23(26)28)25-22(27)12-17-6-9-19(29-5)10-7-17/h6-11,13,16H,12,14-15H2,1-5H3,(H,25,27). The summed E-state index contributed by atoms with van der Waals surface area (Å²) in [6, 6.07) is 12.9. The van der Waals surface area contributed by atoms with Gasteiger partial charge in [0.2, 0.25) is 11.8 Å².